The third-order valence-electron chi connectivity index (χ3n) is 1.57. The standard InChI is InChI=1S/C9H14BrN3/c1-2-11-6-7-12-9-5-3-4-8(10)13-9/h3-5,11H,2,6-7H2,1H3,(H,12,13). The molecule has 13 heavy (non-hydrogen) atoms. The molecular weight excluding hydrogens is 230 g/mol. The highest BCUT2D eigenvalue weighted by Gasteiger charge is 1.92. The van der Waals surface area contributed by atoms with E-state index in [-0.39, 0.29) is 0 Å². The van der Waals surface area contributed by atoms with E-state index in [9.17, 15) is 0 Å². The molecule has 1 aromatic heterocycles. The van der Waals surface area contributed by atoms with Crippen molar-refractivity contribution in [3.05, 3.63) is 22.8 Å². The lowest BCUT2D eigenvalue weighted by Gasteiger charge is -2.05. The van der Waals surface area contributed by atoms with Crippen LogP contribution in [-0.2, 0) is 0 Å². The molecule has 0 aliphatic heterocycles. The first kappa shape index (κ1) is 10.5. The van der Waals surface area contributed by atoms with Crippen LogP contribution in [0.1, 0.15) is 6.92 Å². The van der Waals surface area contributed by atoms with E-state index in [0.717, 1.165) is 30.1 Å². The Morgan fingerprint density at radius 3 is 2.92 bits per heavy atom. The van der Waals surface area contributed by atoms with Crippen molar-refractivity contribution in [1.82, 2.24) is 10.3 Å². The van der Waals surface area contributed by atoms with Gasteiger partial charge in [0.2, 0.25) is 0 Å². The molecule has 0 spiro atoms. The van der Waals surface area contributed by atoms with Gasteiger partial charge < -0.3 is 10.6 Å². The first-order valence-electron chi connectivity index (χ1n) is 4.40. The summed E-state index contributed by atoms with van der Waals surface area (Å²) in [5, 5.41) is 6.45. The van der Waals surface area contributed by atoms with Crippen molar-refractivity contribution < 1.29 is 0 Å². The largest absolute Gasteiger partial charge is 0.369 e. The SMILES string of the molecule is CCNCCNc1cccc(Br)n1. The molecule has 0 saturated heterocycles. The molecule has 0 saturated carbocycles. The van der Waals surface area contributed by atoms with Crippen LogP contribution in [0.25, 0.3) is 0 Å². The average Bonchev–Trinajstić information content (AvgIpc) is 2.13. The first-order chi connectivity index (χ1) is 6.33. The molecule has 0 fully saturated rings. The fourth-order valence-corrected chi connectivity index (χ4v) is 1.31. The molecule has 2 N–H and O–H groups in total. The number of nitrogens with zero attached hydrogens (tertiary/aromatic N) is 1. The van der Waals surface area contributed by atoms with Crippen molar-refractivity contribution in [1.29, 1.82) is 0 Å². The number of aromatic nitrogens is 1. The van der Waals surface area contributed by atoms with Crippen molar-refractivity contribution in [3.63, 3.8) is 0 Å². The van der Waals surface area contributed by atoms with Crippen LogP contribution in [0.4, 0.5) is 5.82 Å². The Morgan fingerprint density at radius 2 is 2.23 bits per heavy atom. The van der Waals surface area contributed by atoms with Crippen molar-refractivity contribution >= 4 is 21.7 Å². The highest BCUT2D eigenvalue weighted by atomic mass is 79.9. The molecule has 3 nitrogen and oxygen atoms in total. The Bertz CT molecular complexity index is 252. The summed E-state index contributed by atoms with van der Waals surface area (Å²) in [6.07, 6.45) is 0. The van der Waals surface area contributed by atoms with E-state index in [1.54, 1.807) is 0 Å². The molecule has 0 unspecified atom stereocenters. The van der Waals surface area contributed by atoms with E-state index in [0.29, 0.717) is 0 Å². The van der Waals surface area contributed by atoms with E-state index in [2.05, 4.69) is 38.5 Å². The van der Waals surface area contributed by atoms with Gasteiger partial charge in [-0.2, -0.15) is 0 Å². The molecule has 0 amide bonds. The molecule has 0 aliphatic rings. The minimum atomic E-state index is 0.862. The molecule has 0 aromatic carbocycles. The molecule has 1 aromatic rings. The van der Waals surface area contributed by atoms with E-state index in [4.69, 9.17) is 0 Å². The number of likely N-dealkylation sites (N-methyl/N-ethyl adjacent to an activating group) is 1. The molecule has 0 bridgehead atoms. The summed E-state index contributed by atoms with van der Waals surface area (Å²) in [5.41, 5.74) is 0. The quantitative estimate of drug-likeness (QED) is 0.613. The van der Waals surface area contributed by atoms with Crippen molar-refractivity contribution in [2.75, 3.05) is 25.0 Å². The Labute approximate surface area is 87.1 Å². The van der Waals surface area contributed by atoms with Crippen LogP contribution < -0.4 is 10.6 Å². The molecule has 1 heterocycles. The predicted octanol–water partition coefficient (Wildman–Crippen LogP) is 1.87. The van der Waals surface area contributed by atoms with E-state index in [1.807, 2.05) is 18.2 Å². The van der Waals surface area contributed by atoms with Gasteiger partial charge in [-0.3, -0.25) is 0 Å². The van der Waals surface area contributed by atoms with Crippen molar-refractivity contribution in [2.24, 2.45) is 0 Å². The van der Waals surface area contributed by atoms with E-state index in [1.165, 1.54) is 0 Å². The number of rotatable bonds is 5. The molecule has 0 aliphatic carbocycles. The van der Waals surface area contributed by atoms with Gasteiger partial charge in [-0.15, -0.1) is 0 Å². The first-order valence-corrected chi connectivity index (χ1v) is 5.19. The topological polar surface area (TPSA) is 37.0 Å². The van der Waals surface area contributed by atoms with Gasteiger partial charge in [0.05, 0.1) is 0 Å². The maximum absolute atomic E-state index is 4.25. The van der Waals surface area contributed by atoms with E-state index >= 15 is 0 Å². The average molecular weight is 244 g/mol. The van der Waals surface area contributed by atoms with Crippen LogP contribution in [0.15, 0.2) is 22.8 Å². The number of hydrogen-bond donors (Lipinski definition) is 2. The smallest absolute Gasteiger partial charge is 0.127 e. The zero-order chi connectivity index (χ0) is 9.52. The minimum Gasteiger partial charge on any atom is -0.369 e. The maximum atomic E-state index is 4.25. The fraction of sp³-hybridized carbons (Fsp3) is 0.444. The summed E-state index contributed by atoms with van der Waals surface area (Å²) in [5.74, 6) is 0.910. The minimum absolute atomic E-state index is 0.862. The summed E-state index contributed by atoms with van der Waals surface area (Å²) < 4.78 is 0.862. The van der Waals surface area contributed by atoms with Gasteiger partial charge >= 0.3 is 0 Å². The van der Waals surface area contributed by atoms with Crippen molar-refractivity contribution in [3.8, 4) is 0 Å². The summed E-state index contributed by atoms with van der Waals surface area (Å²) in [6.45, 7) is 4.97. The van der Waals surface area contributed by atoms with Gasteiger partial charge in [0, 0.05) is 13.1 Å². The second-order valence-electron chi connectivity index (χ2n) is 2.63. The third-order valence-corrected chi connectivity index (χ3v) is 2.01. The van der Waals surface area contributed by atoms with Crippen LogP contribution in [0.2, 0.25) is 0 Å². The lowest BCUT2D eigenvalue weighted by atomic mass is 10.4. The molecule has 72 valence electrons. The number of hydrogen-bond acceptors (Lipinski definition) is 3. The Balaban J connectivity index is 2.28. The number of halogens is 1. The van der Waals surface area contributed by atoms with Gasteiger partial charge in [-0.1, -0.05) is 13.0 Å². The summed E-state index contributed by atoms with van der Waals surface area (Å²) in [7, 11) is 0. The van der Waals surface area contributed by atoms with Crippen LogP contribution in [0.5, 0.6) is 0 Å². The lowest BCUT2D eigenvalue weighted by molar-refractivity contribution is 0.737. The normalized spacial score (nSPS) is 10.0. The monoisotopic (exact) mass is 243 g/mol. The summed E-state index contributed by atoms with van der Waals surface area (Å²) in [6, 6.07) is 5.83. The zero-order valence-electron chi connectivity index (χ0n) is 7.68. The molecule has 4 heteroatoms. The number of nitrogens with one attached hydrogen (secondary N) is 2. The number of anilines is 1. The highest BCUT2D eigenvalue weighted by molar-refractivity contribution is 9.10. The summed E-state index contributed by atoms with van der Waals surface area (Å²) in [4.78, 5) is 4.25. The van der Waals surface area contributed by atoms with Crippen LogP contribution in [0.3, 0.4) is 0 Å². The molecular formula is C9H14BrN3. The van der Waals surface area contributed by atoms with Gasteiger partial charge in [-0.25, -0.2) is 4.98 Å². The maximum Gasteiger partial charge on any atom is 0.127 e. The second-order valence-corrected chi connectivity index (χ2v) is 3.44. The fourth-order valence-electron chi connectivity index (χ4n) is 0.962. The van der Waals surface area contributed by atoms with Gasteiger partial charge in [0.15, 0.2) is 0 Å². The Kier molecular flexibility index (Phi) is 4.78. The van der Waals surface area contributed by atoms with Gasteiger partial charge in [0.25, 0.3) is 0 Å². The van der Waals surface area contributed by atoms with Crippen LogP contribution in [0, 0.1) is 0 Å². The van der Waals surface area contributed by atoms with Crippen LogP contribution >= 0.6 is 15.9 Å². The summed E-state index contributed by atoms with van der Waals surface area (Å²) >= 11 is 3.32. The Morgan fingerprint density at radius 1 is 1.38 bits per heavy atom. The second kappa shape index (κ2) is 5.94. The molecule has 0 radical (unpaired) electrons. The van der Waals surface area contributed by atoms with E-state index < -0.39 is 0 Å². The zero-order valence-corrected chi connectivity index (χ0v) is 9.26. The third kappa shape index (κ3) is 4.24. The molecule has 1 rings (SSSR count). The predicted molar refractivity (Wildman–Crippen MR) is 59.0 cm³/mol. The molecule has 0 atom stereocenters. The number of pyridine rings is 1. The van der Waals surface area contributed by atoms with Gasteiger partial charge in [-0.05, 0) is 34.6 Å². The lowest BCUT2D eigenvalue weighted by Crippen LogP contribution is -2.21. The highest BCUT2D eigenvalue weighted by Crippen LogP contribution is 2.09. The Hall–Kier alpha value is -0.610. The van der Waals surface area contributed by atoms with Crippen molar-refractivity contribution in [2.45, 2.75) is 6.92 Å². The van der Waals surface area contributed by atoms with Crippen LogP contribution in [-0.4, -0.2) is 24.6 Å². The van der Waals surface area contributed by atoms with Gasteiger partial charge in [0.1, 0.15) is 10.4 Å².